The van der Waals surface area contributed by atoms with Crippen molar-refractivity contribution in [3.05, 3.63) is 40.8 Å². The lowest BCUT2D eigenvalue weighted by Crippen LogP contribution is -2.28. The molecule has 1 atom stereocenters. The van der Waals surface area contributed by atoms with E-state index < -0.39 is 6.10 Å². The predicted molar refractivity (Wildman–Crippen MR) is 145 cm³/mol. The van der Waals surface area contributed by atoms with Crippen LogP contribution < -0.4 is 10.1 Å². The van der Waals surface area contributed by atoms with Crippen molar-refractivity contribution in [2.45, 2.75) is 64.4 Å². The van der Waals surface area contributed by atoms with Crippen LogP contribution in [0.15, 0.2) is 34.6 Å². The van der Waals surface area contributed by atoms with E-state index in [1.165, 1.54) is 38.3 Å². The minimum absolute atomic E-state index is 0.267. The number of rotatable bonds is 12. The van der Waals surface area contributed by atoms with Gasteiger partial charge in [0.25, 0.3) is 0 Å². The molecular weight excluding hydrogens is 470 g/mol. The van der Waals surface area contributed by atoms with Gasteiger partial charge in [-0.25, -0.2) is 0 Å². The van der Waals surface area contributed by atoms with E-state index in [4.69, 9.17) is 19.3 Å². The molecule has 3 rings (SSSR count). The van der Waals surface area contributed by atoms with Gasteiger partial charge in [-0.2, -0.15) is 5.26 Å². The Morgan fingerprint density at radius 1 is 1.22 bits per heavy atom. The van der Waals surface area contributed by atoms with Crippen LogP contribution in [0.3, 0.4) is 0 Å². The number of carbonyl (C=O) groups excluding carboxylic acids is 1. The number of hydrogen-bond acceptors (Lipinski definition) is 8. The molecule has 37 heavy (non-hydrogen) atoms. The number of aliphatic hydroxyl groups excluding tert-OH is 1. The van der Waals surface area contributed by atoms with Crippen LogP contribution in [0.25, 0.3) is 0 Å². The number of hydrogen-bond donors (Lipinski definition) is 2. The van der Waals surface area contributed by atoms with Crippen molar-refractivity contribution in [1.29, 1.82) is 5.26 Å². The van der Waals surface area contributed by atoms with Gasteiger partial charge in [-0.3, -0.25) is 9.79 Å². The number of ether oxygens (including phenoxy) is 3. The number of nitrogens with zero attached hydrogens (tertiary/aromatic N) is 2. The molecule has 0 aromatic heterocycles. The highest BCUT2D eigenvalue weighted by Gasteiger charge is 2.26. The zero-order valence-corrected chi connectivity index (χ0v) is 22.8. The van der Waals surface area contributed by atoms with E-state index in [9.17, 15) is 10.1 Å². The number of nitriles is 1. The molecule has 1 aromatic rings. The van der Waals surface area contributed by atoms with Gasteiger partial charge in [0.2, 0.25) is 0 Å². The fourth-order valence-electron chi connectivity index (χ4n) is 4.87. The molecule has 2 aliphatic rings. The van der Waals surface area contributed by atoms with E-state index in [1.807, 2.05) is 7.05 Å². The summed E-state index contributed by atoms with van der Waals surface area (Å²) in [5.41, 5.74) is 2.49. The Hall–Kier alpha value is -2.73. The zero-order chi connectivity index (χ0) is 27.0. The second kappa shape index (κ2) is 16.9. The minimum atomic E-state index is -0.504. The molecule has 204 valence electrons. The second-order valence-corrected chi connectivity index (χ2v) is 9.55. The molecular formula is C29H43N3O5. The molecule has 0 radical (unpaired) electrons. The van der Waals surface area contributed by atoms with E-state index >= 15 is 0 Å². The highest BCUT2D eigenvalue weighted by Crippen LogP contribution is 2.30. The van der Waals surface area contributed by atoms with Crippen LogP contribution >= 0.6 is 0 Å². The van der Waals surface area contributed by atoms with Gasteiger partial charge in [-0.1, -0.05) is 19.8 Å². The van der Waals surface area contributed by atoms with Crippen LogP contribution in [-0.2, 0) is 9.47 Å². The lowest BCUT2D eigenvalue weighted by Gasteiger charge is -2.27. The van der Waals surface area contributed by atoms with Crippen molar-refractivity contribution in [2.24, 2.45) is 16.8 Å². The van der Waals surface area contributed by atoms with Gasteiger partial charge in [-0.05, 0) is 75.7 Å². The largest absolute Gasteiger partial charge is 0.499 e. The summed E-state index contributed by atoms with van der Waals surface area (Å²) in [6, 6.07) is 6.79. The van der Waals surface area contributed by atoms with E-state index in [0.717, 1.165) is 49.0 Å². The Bertz CT molecular complexity index is 931. The summed E-state index contributed by atoms with van der Waals surface area (Å²) < 4.78 is 16.8. The summed E-state index contributed by atoms with van der Waals surface area (Å²) in [5, 5.41) is 21.3. The van der Waals surface area contributed by atoms with Crippen LogP contribution in [0.5, 0.6) is 5.75 Å². The molecule has 1 aliphatic heterocycles. The van der Waals surface area contributed by atoms with Gasteiger partial charge in [-0.15, -0.1) is 0 Å². The Balaban J connectivity index is 0.000000335. The van der Waals surface area contributed by atoms with E-state index in [1.54, 1.807) is 26.4 Å². The average molecular weight is 514 g/mol. The van der Waals surface area contributed by atoms with Crippen molar-refractivity contribution in [3.63, 3.8) is 0 Å². The number of methoxy groups -OCH3 is 2. The summed E-state index contributed by atoms with van der Waals surface area (Å²) in [5.74, 6) is 2.85. The van der Waals surface area contributed by atoms with Gasteiger partial charge in [0.05, 0.1) is 19.3 Å². The predicted octanol–water partition coefficient (Wildman–Crippen LogP) is 4.66. The van der Waals surface area contributed by atoms with Crippen LogP contribution in [0.4, 0.5) is 0 Å². The lowest BCUT2D eigenvalue weighted by atomic mass is 9.81. The van der Waals surface area contributed by atoms with E-state index in [-0.39, 0.29) is 6.61 Å². The Labute approximate surface area is 221 Å². The van der Waals surface area contributed by atoms with Crippen LogP contribution in [0.1, 0.15) is 74.2 Å². The maximum absolute atomic E-state index is 10.9. The maximum Gasteiger partial charge on any atom is 0.167 e. The minimum Gasteiger partial charge on any atom is -0.499 e. The molecule has 1 aromatic carbocycles. The monoisotopic (exact) mass is 513 g/mol. The third-order valence-electron chi connectivity index (χ3n) is 7.01. The zero-order valence-electron chi connectivity index (χ0n) is 22.8. The van der Waals surface area contributed by atoms with Crippen LogP contribution in [0.2, 0.25) is 0 Å². The smallest absolute Gasteiger partial charge is 0.167 e. The lowest BCUT2D eigenvalue weighted by molar-refractivity contribution is 0.0954. The van der Waals surface area contributed by atoms with Gasteiger partial charge in [0.1, 0.15) is 29.6 Å². The van der Waals surface area contributed by atoms with E-state index in [0.29, 0.717) is 35.5 Å². The molecule has 0 amide bonds. The third kappa shape index (κ3) is 9.58. The third-order valence-corrected chi connectivity index (χ3v) is 7.01. The Morgan fingerprint density at radius 3 is 2.51 bits per heavy atom. The molecule has 1 heterocycles. The van der Waals surface area contributed by atoms with Gasteiger partial charge in [0, 0.05) is 31.4 Å². The molecule has 0 spiro atoms. The SMILES string of the molecule is CCC1=NC([C@H](COC)Oc2ccc(C=O)cc2C#N)=C(OC)CC1.CNCC1CCC(CCO)CC1. The Kier molecular flexibility index (Phi) is 13.9. The molecule has 8 heteroatoms. The molecule has 0 saturated heterocycles. The van der Waals surface area contributed by atoms with Gasteiger partial charge >= 0.3 is 0 Å². The van der Waals surface area contributed by atoms with E-state index in [2.05, 4.69) is 23.3 Å². The highest BCUT2D eigenvalue weighted by molar-refractivity contribution is 5.86. The van der Waals surface area contributed by atoms with Crippen LogP contribution in [0, 0.1) is 23.2 Å². The normalized spacial score (nSPS) is 20.2. The summed E-state index contributed by atoms with van der Waals surface area (Å²) in [6.07, 6.45) is 9.05. The van der Waals surface area contributed by atoms with Crippen molar-refractivity contribution in [1.82, 2.24) is 5.32 Å². The number of nitrogens with one attached hydrogen (secondary N) is 1. The summed E-state index contributed by atoms with van der Waals surface area (Å²) in [4.78, 5) is 15.6. The number of allylic oxidation sites excluding steroid dienone is 1. The van der Waals surface area contributed by atoms with Crippen molar-refractivity contribution < 1.29 is 24.1 Å². The molecule has 1 fully saturated rings. The molecule has 8 nitrogen and oxygen atoms in total. The Morgan fingerprint density at radius 2 is 1.95 bits per heavy atom. The first-order valence-corrected chi connectivity index (χ1v) is 13.3. The molecule has 0 unspecified atom stereocenters. The number of carbonyl (C=O) groups is 1. The summed E-state index contributed by atoms with van der Waals surface area (Å²) in [7, 11) is 5.22. The second-order valence-electron chi connectivity index (χ2n) is 9.55. The summed E-state index contributed by atoms with van der Waals surface area (Å²) in [6.45, 7) is 3.88. The molecule has 2 N–H and O–H groups in total. The number of aldehydes is 1. The van der Waals surface area contributed by atoms with Gasteiger partial charge < -0.3 is 24.6 Å². The summed E-state index contributed by atoms with van der Waals surface area (Å²) >= 11 is 0. The topological polar surface area (TPSA) is 113 Å². The standard InChI is InChI=1S/C19H22N2O4.C10H21NO/c1-4-15-6-8-17(24-3)19(21-15)18(12-23-2)25-16-7-5-13(11-22)9-14(16)10-20;1-11-8-10-4-2-9(3-5-10)6-7-12/h5,7,9,11,18H,4,6,8,12H2,1-3H3;9-12H,2-8H2,1H3/t18-;/m0./s1. The highest BCUT2D eigenvalue weighted by atomic mass is 16.5. The fraction of sp³-hybridized carbons (Fsp3) is 0.621. The molecule has 0 bridgehead atoms. The first-order valence-electron chi connectivity index (χ1n) is 13.3. The molecule has 1 saturated carbocycles. The number of benzene rings is 1. The quantitative estimate of drug-likeness (QED) is 0.391. The molecule has 1 aliphatic carbocycles. The fourth-order valence-corrected chi connectivity index (χ4v) is 4.87. The maximum atomic E-state index is 10.9. The van der Waals surface area contributed by atoms with Gasteiger partial charge in [0.15, 0.2) is 6.10 Å². The van der Waals surface area contributed by atoms with Crippen molar-refractivity contribution in [2.75, 3.05) is 41.0 Å². The first-order chi connectivity index (χ1) is 18.0. The average Bonchev–Trinajstić information content (AvgIpc) is 2.94. The van der Waals surface area contributed by atoms with Crippen LogP contribution in [-0.4, -0.2) is 64.2 Å². The van der Waals surface area contributed by atoms with Crippen molar-refractivity contribution >= 4 is 12.0 Å². The number of aliphatic hydroxyl groups is 1. The van der Waals surface area contributed by atoms with Crippen molar-refractivity contribution in [3.8, 4) is 11.8 Å². The first kappa shape index (κ1) is 30.5. The number of aliphatic imine (C=N–C) groups is 1.